The minimum Gasteiger partial charge on any atom is -0.483 e. The maximum atomic E-state index is 13.2. The summed E-state index contributed by atoms with van der Waals surface area (Å²) in [5.74, 6) is -0.711. The number of nitrogens with one attached hydrogen (secondary N) is 1. The first-order valence-corrected chi connectivity index (χ1v) is 9.36. The van der Waals surface area contributed by atoms with Gasteiger partial charge in [-0.2, -0.15) is 0 Å². The van der Waals surface area contributed by atoms with E-state index in [1.54, 1.807) is 12.1 Å². The van der Waals surface area contributed by atoms with Crippen molar-refractivity contribution in [1.29, 1.82) is 0 Å². The Hall–Kier alpha value is -2.25. The van der Waals surface area contributed by atoms with Crippen LogP contribution in [0.2, 0.25) is 0 Å². The summed E-state index contributed by atoms with van der Waals surface area (Å²) in [6.45, 7) is -0.229. The third-order valence-corrected chi connectivity index (χ3v) is 5.15. The fourth-order valence-corrected chi connectivity index (χ4v) is 3.64. The van der Waals surface area contributed by atoms with Crippen LogP contribution in [-0.2, 0) is 4.79 Å². The number of thiophene rings is 1. The van der Waals surface area contributed by atoms with Crippen LogP contribution in [0.25, 0.3) is 0 Å². The fourth-order valence-electron chi connectivity index (χ4n) is 2.37. The summed E-state index contributed by atoms with van der Waals surface area (Å²) in [4.78, 5) is 13.3. The van der Waals surface area contributed by atoms with Crippen molar-refractivity contribution in [3.8, 4) is 5.75 Å². The van der Waals surface area contributed by atoms with Crippen LogP contribution in [0.15, 0.2) is 64.5 Å². The first-order chi connectivity index (χ1) is 12.5. The van der Waals surface area contributed by atoms with Gasteiger partial charge in [0.2, 0.25) is 0 Å². The molecule has 26 heavy (non-hydrogen) atoms. The smallest absolute Gasteiger partial charge is 0.258 e. The lowest BCUT2D eigenvalue weighted by molar-refractivity contribution is -0.123. The van der Waals surface area contributed by atoms with Gasteiger partial charge in [-0.25, -0.2) is 8.78 Å². The molecule has 1 unspecified atom stereocenters. The first kappa shape index (κ1) is 18.5. The van der Waals surface area contributed by atoms with E-state index in [1.807, 2.05) is 17.5 Å². The molecule has 3 rings (SSSR count). The minimum atomic E-state index is -0.400. The molecular formula is C19H14BrF2NO2S. The molecule has 3 nitrogen and oxygen atoms in total. The number of carbonyl (C=O) groups is 1. The zero-order chi connectivity index (χ0) is 18.5. The number of hydrogen-bond acceptors (Lipinski definition) is 3. The molecule has 1 atom stereocenters. The van der Waals surface area contributed by atoms with Crippen LogP contribution < -0.4 is 10.1 Å². The molecule has 1 N–H and O–H groups in total. The molecule has 1 heterocycles. The second-order valence-electron chi connectivity index (χ2n) is 5.43. The van der Waals surface area contributed by atoms with Gasteiger partial charge in [-0.05, 0) is 63.3 Å². The van der Waals surface area contributed by atoms with Crippen molar-refractivity contribution in [1.82, 2.24) is 5.32 Å². The van der Waals surface area contributed by atoms with Gasteiger partial charge in [0.15, 0.2) is 6.61 Å². The van der Waals surface area contributed by atoms with Gasteiger partial charge in [0.05, 0.1) is 10.5 Å². The highest BCUT2D eigenvalue weighted by molar-refractivity contribution is 9.10. The molecule has 0 fully saturated rings. The summed E-state index contributed by atoms with van der Waals surface area (Å²) in [5.41, 5.74) is 0.769. The van der Waals surface area contributed by atoms with E-state index >= 15 is 0 Å². The molecule has 0 aliphatic rings. The summed E-state index contributed by atoms with van der Waals surface area (Å²) in [7, 11) is 0. The number of ether oxygens (including phenoxy) is 1. The van der Waals surface area contributed by atoms with E-state index in [4.69, 9.17) is 4.74 Å². The Morgan fingerprint density at radius 1 is 1.12 bits per heavy atom. The minimum absolute atomic E-state index is 0.229. The average Bonchev–Trinajstić information content (AvgIpc) is 3.14. The number of rotatable bonds is 6. The van der Waals surface area contributed by atoms with Gasteiger partial charge in [0.25, 0.3) is 5.91 Å². The SMILES string of the molecule is O=C(COc1ccc(F)cc1Br)NC(c1ccc(F)cc1)c1cccs1. The third-order valence-electron chi connectivity index (χ3n) is 3.59. The van der Waals surface area contributed by atoms with Crippen LogP contribution >= 0.6 is 27.3 Å². The van der Waals surface area contributed by atoms with E-state index in [1.165, 1.54) is 41.7 Å². The van der Waals surface area contributed by atoms with E-state index in [0.717, 1.165) is 10.4 Å². The second-order valence-corrected chi connectivity index (χ2v) is 7.26. The summed E-state index contributed by atoms with van der Waals surface area (Å²) in [6, 6.07) is 13.3. The van der Waals surface area contributed by atoms with Crippen LogP contribution in [0.5, 0.6) is 5.75 Å². The lowest BCUT2D eigenvalue weighted by atomic mass is 10.1. The average molecular weight is 438 g/mol. The van der Waals surface area contributed by atoms with Crippen molar-refractivity contribution in [3.05, 3.63) is 86.5 Å². The number of carbonyl (C=O) groups excluding carboxylic acids is 1. The van der Waals surface area contributed by atoms with Gasteiger partial charge in [-0.1, -0.05) is 18.2 Å². The normalized spacial score (nSPS) is 11.8. The van der Waals surface area contributed by atoms with Crippen molar-refractivity contribution in [2.45, 2.75) is 6.04 Å². The maximum Gasteiger partial charge on any atom is 0.258 e. The Morgan fingerprint density at radius 3 is 2.50 bits per heavy atom. The highest BCUT2D eigenvalue weighted by Gasteiger charge is 2.18. The van der Waals surface area contributed by atoms with Crippen molar-refractivity contribution < 1.29 is 18.3 Å². The van der Waals surface area contributed by atoms with Crippen molar-refractivity contribution >= 4 is 33.2 Å². The first-order valence-electron chi connectivity index (χ1n) is 7.69. The van der Waals surface area contributed by atoms with Gasteiger partial charge in [0, 0.05) is 4.88 Å². The molecule has 0 aliphatic heterocycles. The van der Waals surface area contributed by atoms with Crippen LogP contribution in [0.1, 0.15) is 16.5 Å². The fraction of sp³-hybridized carbons (Fsp3) is 0.105. The predicted octanol–water partition coefficient (Wildman–Crippen LogP) is 5.07. The molecule has 0 spiro atoms. The number of benzene rings is 2. The van der Waals surface area contributed by atoms with E-state index in [0.29, 0.717) is 10.2 Å². The number of amides is 1. The lowest BCUT2D eigenvalue weighted by Crippen LogP contribution is -2.33. The summed E-state index contributed by atoms with van der Waals surface area (Å²) >= 11 is 4.68. The summed E-state index contributed by atoms with van der Waals surface area (Å²) < 4.78 is 32.2. The molecule has 3 aromatic rings. The number of hydrogen-bond donors (Lipinski definition) is 1. The quantitative estimate of drug-likeness (QED) is 0.584. The van der Waals surface area contributed by atoms with Crippen molar-refractivity contribution in [3.63, 3.8) is 0 Å². The van der Waals surface area contributed by atoms with Gasteiger partial charge in [-0.3, -0.25) is 4.79 Å². The molecule has 0 radical (unpaired) electrons. The maximum absolute atomic E-state index is 13.2. The van der Waals surface area contributed by atoms with Crippen LogP contribution in [0, 0.1) is 11.6 Å². The molecule has 7 heteroatoms. The molecule has 1 aromatic heterocycles. The van der Waals surface area contributed by atoms with Crippen LogP contribution in [0.4, 0.5) is 8.78 Å². The van der Waals surface area contributed by atoms with E-state index in [2.05, 4.69) is 21.2 Å². The standard InChI is InChI=1S/C19H14BrF2NO2S/c20-15-10-14(22)7-8-16(15)25-11-18(24)23-19(17-2-1-9-26-17)12-3-5-13(21)6-4-12/h1-10,19H,11H2,(H,23,24). The molecule has 0 bridgehead atoms. The Bertz CT molecular complexity index is 885. The Labute approximate surface area is 161 Å². The monoisotopic (exact) mass is 437 g/mol. The van der Waals surface area contributed by atoms with E-state index < -0.39 is 11.9 Å². The van der Waals surface area contributed by atoms with Gasteiger partial charge in [-0.15, -0.1) is 11.3 Å². The zero-order valence-electron chi connectivity index (χ0n) is 13.4. The molecule has 0 aliphatic carbocycles. The third kappa shape index (κ3) is 4.68. The molecule has 1 amide bonds. The molecular weight excluding hydrogens is 424 g/mol. The van der Waals surface area contributed by atoms with Gasteiger partial charge >= 0.3 is 0 Å². The van der Waals surface area contributed by atoms with Crippen LogP contribution in [-0.4, -0.2) is 12.5 Å². The van der Waals surface area contributed by atoms with Gasteiger partial charge < -0.3 is 10.1 Å². The highest BCUT2D eigenvalue weighted by Crippen LogP contribution is 2.27. The molecule has 134 valence electrons. The van der Waals surface area contributed by atoms with E-state index in [-0.39, 0.29) is 18.3 Å². The number of halogens is 3. The zero-order valence-corrected chi connectivity index (χ0v) is 15.8. The molecule has 2 aromatic carbocycles. The van der Waals surface area contributed by atoms with Crippen molar-refractivity contribution in [2.75, 3.05) is 6.61 Å². The summed E-state index contributed by atoms with van der Waals surface area (Å²) in [6.07, 6.45) is 0. The molecule has 0 saturated heterocycles. The topological polar surface area (TPSA) is 38.3 Å². The lowest BCUT2D eigenvalue weighted by Gasteiger charge is -2.18. The Balaban J connectivity index is 1.70. The second kappa shape index (κ2) is 8.42. The Kier molecular flexibility index (Phi) is 6.00. The largest absolute Gasteiger partial charge is 0.483 e. The highest BCUT2D eigenvalue weighted by atomic mass is 79.9. The van der Waals surface area contributed by atoms with Crippen molar-refractivity contribution in [2.24, 2.45) is 0 Å². The van der Waals surface area contributed by atoms with Gasteiger partial charge in [0.1, 0.15) is 17.4 Å². The van der Waals surface area contributed by atoms with E-state index in [9.17, 15) is 13.6 Å². The van der Waals surface area contributed by atoms with Crippen LogP contribution in [0.3, 0.4) is 0 Å². The predicted molar refractivity (Wildman–Crippen MR) is 100 cm³/mol. The molecule has 0 saturated carbocycles. The Morgan fingerprint density at radius 2 is 1.85 bits per heavy atom. The summed E-state index contributed by atoms with van der Waals surface area (Å²) in [5, 5.41) is 4.80.